The molecular weight excluding hydrogens is 428 g/mol. The van der Waals surface area contributed by atoms with Gasteiger partial charge in [-0.05, 0) is 43.0 Å². The molecule has 0 saturated carbocycles. The lowest BCUT2D eigenvalue weighted by Crippen LogP contribution is -2.64. The minimum Gasteiger partial charge on any atom is -0.468 e. The molecule has 0 unspecified atom stereocenters. The Morgan fingerprint density at radius 1 is 1.21 bits per heavy atom. The van der Waals surface area contributed by atoms with Crippen molar-refractivity contribution in [2.45, 2.75) is 58.2 Å². The number of hydrogen-bond acceptors (Lipinski definition) is 4. The van der Waals surface area contributed by atoms with Crippen LogP contribution < -0.4 is 10.5 Å². The molecule has 3 atom stereocenters. The highest BCUT2D eigenvalue weighted by Crippen LogP contribution is 2.50. The maximum absolute atomic E-state index is 13.5. The van der Waals surface area contributed by atoms with Crippen molar-refractivity contribution in [2.75, 3.05) is 6.54 Å². The summed E-state index contributed by atoms with van der Waals surface area (Å²) in [5.41, 5.74) is 7.95. The zero-order valence-corrected chi connectivity index (χ0v) is 20.0. The number of imidazole rings is 1. The summed E-state index contributed by atoms with van der Waals surface area (Å²) in [6.07, 6.45) is 1.99. The maximum atomic E-state index is 13.5. The van der Waals surface area contributed by atoms with Crippen molar-refractivity contribution in [3.8, 4) is 5.75 Å². The summed E-state index contributed by atoms with van der Waals surface area (Å²) >= 11 is 0. The summed E-state index contributed by atoms with van der Waals surface area (Å²) < 4.78 is 8.65. The lowest BCUT2D eigenvalue weighted by atomic mass is 9.73. The van der Waals surface area contributed by atoms with E-state index in [0.29, 0.717) is 25.3 Å². The second-order valence-corrected chi connectivity index (χ2v) is 10.1. The topological polar surface area (TPSA) is 90.5 Å². The first kappa shape index (κ1) is 22.4. The molecule has 34 heavy (non-hydrogen) atoms. The average Bonchev–Trinajstić information content (AvgIpc) is 3.12. The predicted octanol–water partition coefficient (Wildman–Crippen LogP) is 3.85. The van der Waals surface area contributed by atoms with Crippen LogP contribution in [0.5, 0.6) is 5.75 Å². The Bertz CT molecular complexity index is 1250. The van der Waals surface area contributed by atoms with Gasteiger partial charge < -0.3 is 19.9 Å². The largest absolute Gasteiger partial charge is 0.468 e. The van der Waals surface area contributed by atoms with Crippen LogP contribution in [0, 0.1) is 11.8 Å². The van der Waals surface area contributed by atoms with Crippen LogP contribution in [0.2, 0.25) is 0 Å². The van der Waals surface area contributed by atoms with E-state index in [4.69, 9.17) is 15.5 Å². The van der Waals surface area contributed by atoms with Crippen LogP contribution >= 0.6 is 0 Å². The van der Waals surface area contributed by atoms with Gasteiger partial charge in [-0.2, -0.15) is 0 Å². The van der Waals surface area contributed by atoms with E-state index in [0.717, 1.165) is 41.1 Å². The monoisotopic (exact) mass is 460 g/mol. The number of nitrogens with zero attached hydrogens (tertiary/aromatic N) is 3. The molecule has 1 fully saturated rings. The van der Waals surface area contributed by atoms with Gasteiger partial charge in [0.15, 0.2) is 5.72 Å². The molecule has 1 saturated heterocycles. The molecule has 2 N–H and O–H groups in total. The van der Waals surface area contributed by atoms with Crippen molar-refractivity contribution in [3.05, 3.63) is 59.9 Å². The number of benzene rings is 2. The van der Waals surface area contributed by atoms with E-state index < -0.39 is 17.6 Å². The van der Waals surface area contributed by atoms with Crippen molar-refractivity contribution < 1.29 is 14.3 Å². The van der Waals surface area contributed by atoms with Crippen LogP contribution in [0.3, 0.4) is 0 Å². The number of likely N-dealkylation sites (tertiary alicyclic amines) is 1. The van der Waals surface area contributed by atoms with Gasteiger partial charge in [0.25, 0.3) is 0 Å². The SMILES string of the molecule is CC(C)Cn1c(CCCN2C(=O)[C@H](C(N)=O)[C@H]3C[C@@]2(C)Oc2ccccc23)nc2ccccc21. The van der Waals surface area contributed by atoms with Crippen molar-refractivity contribution in [3.63, 3.8) is 0 Å². The van der Waals surface area contributed by atoms with Gasteiger partial charge in [-0.25, -0.2) is 4.98 Å². The lowest BCUT2D eigenvalue weighted by Gasteiger charge is -2.52. The molecule has 7 heteroatoms. The van der Waals surface area contributed by atoms with Crippen molar-refractivity contribution in [1.29, 1.82) is 0 Å². The fourth-order valence-corrected chi connectivity index (χ4v) is 5.66. The zero-order valence-electron chi connectivity index (χ0n) is 20.0. The smallest absolute Gasteiger partial charge is 0.238 e. The van der Waals surface area contributed by atoms with E-state index in [2.05, 4.69) is 24.5 Å². The Morgan fingerprint density at radius 3 is 2.71 bits per heavy atom. The van der Waals surface area contributed by atoms with E-state index >= 15 is 0 Å². The van der Waals surface area contributed by atoms with Gasteiger partial charge in [-0.15, -0.1) is 0 Å². The third-order valence-corrected chi connectivity index (χ3v) is 7.12. The molecule has 0 radical (unpaired) electrons. The Morgan fingerprint density at radius 2 is 1.94 bits per heavy atom. The molecule has 0 spiro atoms. The number of piperidine rings is 1. The summed E-state index contributed by atoms with van der Waals surface area (Å²) in [5, 5.41) is 0. The van der Waals surface area contributed by atoms with E-state index in [1.807, 2.05) is 49.4 Å². The Kier molecular flexibility index (Phi) is 5.58. The average molecular weight is 461 g/mol. The molecular formula is C27H32N4O3. The number of para-hydroxylation sites is 3. The van der Waals surface area contributed by atoms with Gasteiger partial charge in [-0.1, -0.05) is 44.2 Å². The van der Waals surface area contributed by atoms with Gasteiger partial charge in [0.05, 0.1) is 11.0 Å². The van der Waals surface area contributed by atoms with Crippen LogP contribution in [-0.2, 0) is 22.6 Å². The second kappa shape index (κ2) is 8.46. The Balaban J connectivity index is 1.40. The number of ether oxygens (including phenoxy) is 1. The standard InChI is InChI=1S/C27H32N4O3/c1-17(2)16-30-21-11-6-5-10-20(21)29-23(30)13-8-14-31-26(33)24(25(28)32)19-15-27(31,3)34-22-12-7-4-9-18(19)22/h4-7,9-12,17,19,24H,8,13-16H2,1-3H3,(H2,28,32)/t19-,24-,27+/m0/s1. The first-order chi connectivity index (χ1) is 16.3. The zero-order chi connectivity index (χ0) is 24.0. The number of aryl methyl sites for hydroxylation is 1. The predicted molar refractivity (Wildman–Crippen MR) is 130 cm³/mol. The number of carbonyl (C=O) groups excluding carboxylic acids is 2. The third-order valence-electron chi connectivity index (χ3n) is 7.12. The molecule has 3 aromatic rings. The van der Waals surface area contributed by atoms with E-state index in [-0.39, 0.29) is 11.8 Å². The van der Waals surface area contributed by atoms with Gasteiger partial charge in [0, 0.05) is 31.8 Å². The van der Waals surface area contributed by atoms with Crippen molar-refractivity contribution in [2.24, 2.45) is 17.6 Å². The van der Waals surface area contributed by atoms with Gasteiger partial charge in [0.2, 0.25) is 11.8 Å². The van der Waals surface area contributed by atoms with Gasteiger partial charge in [-0.3, -0.25) is 9.59 Å². The first-order valence-corrected chi connectivity index (χ1v) is 12.1. The van der Waals surface area contributed by atoms with Crippen LogP contribution in [0.1, 0.15) is 50.9 Å². The highest BCUT2D eigenvalue weighted by molar-refractivity contribution is 6.01. The van der Waals surface area contributed by atoms with E-state index in [1.165, 1.54) is 0 Å². The fraction of sp³-hybridized carbons (Fsp3) is 0.444. The Labute approximate surface area is 199 Å². The van der Waals surface area contributed by atoms with E-state index in [1.54, 1.807) is 4.90 Å². The Hall–Kier alpha value is -3.35. The van der Waals surface area contributed by atoms with Crippen molar-refractivity contribution >= 4 is 22.8 Å². The summed E-state index contributed by atoms with van der Waals surface area (Å²) in [7, 11) is 0. The number of nitrogens with two attached hydrogens (primary N) is 1. The van der Waals surface area contributed by atoms with Gasteiger partial charge in [0.1, 0.15) is 17.5 Å². The number of primary amides is 1. The molecule has 0 aliphatic carbocycles. The molecule has 3 heterocycles. The van der Waals surface area contributed by atoms with E-state index in [9.17, 15) is 9.59 Å². The number of amides is 2. The second-order valence-electron chi connectivity index (χ2n) is 10.1. The minimum absolute atomic E-state index is 0.239. The maximum Gasteiger partial charge on any atom is 0.238 e. The molecule has 2 aliphatic heterocycles. The normalized spacial score (nSPS) is 23.8. The number of aromatic nitrogens is 2. The molecule has 7 nitrogen and oxygen atoms in total. The number of carbonyl (C=O) groups is 2. The van der Waals surface area contributed by atoms with Crippen LogP contribution in [0.15, 0.2) is 48.5 Å². The number of hydrogen-bond donors (Lipinski definition) is 1. The van der Waals surface area contributed by atoms with Gasteiger partial charge >= 0.3 is 0 Å². The minimum atomic E-state index is -0.872. The molecule has 2 bridgehead atoms. The molecule has 2 aromatic carbocycles. The van der Waals surface area contributed by atoms with Crippen molar-refractivity contribution in [1.82, 2.24) is 14.5 Å². The van der Waals surface area contributed by atoms with Crippen LogP contribution in [0.25, 0.3) is 11.0 Å². The van der Waals surface area contributed by atoms with Crippen LogP contribution in [0.4, 0.5) is 0 Å². The summed E-state index contributed by atoms with van der Waals surface area (Å²) in [4.78, 5) is 32.5. The quantitative estimate of drug-likeness (QED) is 0.542. The molecule has 2 amide bonds. The molecule has 5 rings (SSSR count). The number of fused-ring (bicyclic) bond motifs is 5. The summed E-state index contributed by atoms with van der Waals surface area (Å²) in [6.45, 7) is 7.70. The fourth-order valence-electron chi connectivity index (χ4n) is 5.66. The molecule has 178 valence electrons. The summed E-state index contributed by atoms with van der Waals surface area (Å²) in [5.74, 6) is 0.291. The first-order valence-electron chi connectivity index (χ1n) is 12.1. The third kappa shape index (κ3) is 3.73. The summed E-state index contributed by atoms with van der Waals surface area (Å²) in [6, 6.07) is 15.8. The lowest BCUT2D eigenvalue weighted by molar-refractivity contribution is -0.175. The highest BCUT2D eigenvalue weighted by Gasteiger charge is 2.55. The van der Waals surface area contributed by atoms with Crippen LogP contribution in [-0.4, -0.2) is 38.5 Å². The molecule has 2 aliphatic rings. The molecule has 1 aromatic heterocycles. The highest BCUT2D eigenvalue weighted by atomic mass is 16.5. The number of rotatable bonds is 7.